The number of carbonyl (C=O) groups is 1. The van der Waals surface area contributed by atoms with Crippen molar-refractivity contribution in [1.29, 1.82) is 0 Å². The fraction of sp³-hybridized carbons (Fsp3) is 0.0870. The largest absolute Gasteiger partial charge is 0.489 e. The Morgan fingerprint density at radius 1 is 1.07 bits per heavy atom. The fourth-order valence-electron chi connectivity index (χ4n) is 3.11. The lowest BCUT2D eigenvalue weighted by atomic mass is 10.0. The summed E-state index contributed by atoms with van der Waals surface area (Å²) in [5.74, 6) is -0.105. The van der Waals surface area contributed by atoms with E-state index in [1.807, 2.05) is 0 Å². The summed E-state index contributed by atoms with van der Waals surface area (Å²) < 4.78 is 38.0. The van der Waals surface area contributed by atoms with Gasteiger partial charge in [-0.15, -0.1) is 0 Å². The number of benzene rings is 3. The summed E-state index contributed by atoms with van der Waals surface area (Å²) in [5, 5.41) is 0.273. The van der Waals surface area contributed by atoms with Crippen LogP contribution in [-0.2, 0) is 6.61 Å². The monoisotopic (exact) mass is 412 g/mol. The van der Waals surface area contributed by atoms with Crippen LogP contribution in [0.1, 0.15) is 27.0 Å². The summed E-state index contributed by atoms with van der Waals surface area (Å²) in [6, 6.07) is 13.3. The first-order chi connectivity index (χ1) is 13.9. The maximum Gasteiger partial charge on any atom is 0.232 e. The topological polar surface area (TPSA) is 35.5 Å². The number of hydrogen-bond acceptors (Lipinski definition) is 3. The molecule has 0 unspecified atom stereocenters. The van der Waals surface area contributed by atoms with E-state index in [1.54, 1.807) is 37.3 Å². The maximum atomic E-state index is 13.4. The molecule has 0 saturated heterocycles. The van der Waals surface area contributed by atoms with E-state index in [0.29, 0.717) is 33.8 Å². The molecule has 4 rings (SSSR count). The minimum atomic E-state index is -0.420. The molecule has 0 atom stereocenters. The minimum absolute atomic E-state index is 0.118. The SMILES string of the molecule is Cc1cc(OCc2ccc(F)cc2Cl)cc2c1C(=O)/C(=C/c1cccc(F)c1)O2. The van der Waals surface area contributed by atoms with Crippen LogP contribution in [0.3, 0.4) is 0 Å². The molecule has 0 amide bonds. The number of carbonyl (C=O) groups excluding carboxylic acids is 1. The van der Waals surface area contributed by atoms with Gasteiger partial charge in [0.15, 0.2) is 5.76 Å². The fourth-order valence-corrected chi connectivity index (χ4v) is 3.33. The number of ketones is 1. The van der Waals surface area contributed by atoms with Crippen molar-refractivity contribution in [2.24, 2.45) is 0 Å². The van der Waals surface area contributed by atoms with Crippen LogP contribution in [-0.4, -0.2) is 5.78 Å². The first kappa shape index (κ1) is 19.2. The lowest BCUT2D eigenvalue weighted by Crippen LogP contribution is -2.00. The van der Waals surface area contributed by atoms with Gasteiger partial charge in [-0.2, -0.15) is 0 Å². The van der Waals surface area contributed by atoms with Gasteiger partial charge in [-0.25, -0.2) is 8.78 Å². The molecule has 0 N–H and O–H groups in total. The third kappa shape index (κ3) is 4.00. The van der Waals surface area contributed by atoms with E-state index < -0.39 is 11.6 Å². The van der Waals surface area contributed by atoms with Gasteiger partial charge >= 0.3 is 0 Å². The van der Waals surface area contributed by atoms with Crippen LogP contribution >= 0.6 is 11.6 Å². The van der Waals surface area contributed by atoms with E-state index in [2.05, 4.69) is 0 Å². The van der Waals surface area contributed by atoms with Gasteiger partial charge in [-0.05, 0) is 54.5 Å². The lowest BCUT2D eigenvalue weighted by molar-refractivity contribution is 0.101. The van der Waals surface area contributed by atoms with E-state index in [0.717, 1.165) is 0 Å². The maximum absolute atomic E-state index is 13.4. The average molecular weight is 413 g/mol. The molecule has 146 valence electrons. The van der Waals surface area contributed by atoms with Crippen LogP contribution in [0.15, 0.2) is 60.4 Å². The Morgan fingerprint density at radius 3 is 2.62 bits per heavy atom. The quantitative estimate of drug-likeness (QED) is 0.484. The van der Waals surface area contributed by atoms with Crippen molar-refractivity contribution in [3.8, 4) is 11.5 Å². The van der Waals surface area contributed by atoms with Gasteiger partial charge in [-0.3, -0.25) is 4.79 Å². The number of ether oxygens (including phenoxy) is 2. The Labute approximate surface area is 171 Å². The molecule has 1 aliphatic rings. The molecule has 3 aromatic carbocycles. The Balaban J connectivity index is 1.57. The van der Waals surface area contributed by atoms with Crippen molar-refractivity contribution in [2.45, 2.75) is 13.5 Å². The first-order valence-electron chi connectivity index (χ1n) is 8.82. The van der Waals surface area contributed by atoms with Crippen molar-refractivity contribution in [2.75, 3.05) is 0 Å². The molecule has 6 heteroatoms. The summed E-state index contributed by atoms with van der Waals surface area (Å²) in [7, 11) is 0. The van der Waals surface area contributed by atoms with Gasteiger partial charge in [0.25, 0.3) is 0 Å². The zero-order valence-electron chi connectivity index (χ0n) is 15.3. The standard InChI is InChI=1S/C23H15ClF2O3/c1-13-7-18(28-12-15-5-6-17(26)10-19(15)24)11-20-22(13)23(27)21(29-20)9-14-3-2-4-16(25)8-14/h2-11H,12H2,1H3/b21-9-. The van der Waals surface area contributed by atoms with Crippen molar-refractivity contribution >= 4 is 23.5 Å². The molecule has 0 radical (unpaired) electrons. The van der Waals surface area contributed by atoms with Gasteiger partial charge in [0.2, 0.25) is 5.78 Å². The molecule has 29 heavy (non-hydrogen) atoms. The van der Waals surface area contributed by atoms with Crippen molar-refractivity contribution in [3.63, 3.8) is 0 Å². The summed E-state index contributed by atoms with van der Waals surface area (Å²) in [4.78, 5) is 12.7. The van der Waals surface area contributed by atoms with Crippen LogP contribution in [0.4, 0.5) is 8.78 Å². The second-order valence-electron chi connectivity index (χ2n) is 6.63. The van der Waals surface area contributed by atoms with E-state index in [4.69, 9.17) is 21.1 Å². The molecular formula is C23H15ClF2O3. The Kier molecular flexibility index (Phi) is 5.07. The molecule has 1 aliphatic heterocycles. The summed E-state index contributed by atoms with van der Waals surface area (Å²) in [6.45, 7) is 1.92. The molecule has 0 aliphatic carbocycles. The van der Waals surface area contributed by atoms with E-state index in [-0.39, 0.29) is 23.2 Å². The van der Waals surface area contributed by atoms with Gasteiger partial charge in [0, 0.05) is 11.6 Å². The Bertz CT molecular complexity index is 1150. The molecule has 0 spiro atoms. The number of Topliss-reactive ketones (excluding diaryl/α,β-unsaturated/α-hetero) is 1. The lowest BCUT2D eigenvalue weighted by Gasteiger charge is -2.10. The van der Waals surface area contributed by atoms with E-state index in [9.17, 15) is 13.6 Å². The number of halogens is 3. The van der Waals surface area contributed by atoms with E-state index in [1.165, 1.54) is 30.3 Å². The highest BCUT2D eigenvalue weighted by Gasteiger charge is 2.30. The van der Waals surface area contributed by atoms with Crippen LogP contribution in [0.25, 0.3) is 6.08 Å². The molecule has 0 fully saturated rings. The molecule has 0 saturated carbocycles. The Morgan fingerprint density at radius 2 is 1.86 bits per heavy atom. The number of allylic oxidation sites excluding steroid dienone is 1. The zero-order chi connectivity index (χ0) is 20.5. The van der Waals surface area contributed by atoms with Gasteiger partial charge in [-0.1, -0.05) is 29.8 Å². The van der Waals surface area contributed by atoms with Crippen LogP contribution in [0.2, 0.25) is 5.02 Å². The van der Waals surface area contributed by atoms with Crippen molar-refractivity contribution in [1.82, 2.24) is 0 Å². The number of hydrogen-bond donors (Lipinski definition) is 0. The van der Waals surface area contributed by atoms with Crippen LogP contribution in [0, 0.1) is 18.6 Å². The van der Waals surface area contributed by atoms with Gasteiger partial charge in [0.05, 0.1) is 10.6 Å². The second-order valence-corrected chi connectivity index (χ2v) is 7.04. The predicted octanol–water partition coefficient (Wildman–Crippen LogP) is 6.12. The van der Waals surface area contributed by atoms with Gasteiger partial charge < -0.3 is 9.47 Å². The molecule has 1 heterocycles. The summed E-state index contributed by atoms with van der Waals surface area (Å²) in [6.07, 6.45) is 1.50. The number of fused-ring (bicyclic) bond motifs is 1. The van der Waals surface area contributed by atoms with Gasteiger partial charge in [0.1, 0.15) is 29.7 Å². The summed E-state index contributed by atoms with van der Waals surface area (Å²) >= 11 is 6.02. The van der Waals surface area contributed by atoms with Crippen LogP contribution < -0.4 is 9.47 Å². The molecular weight excluding hydrogens is 398 g/mol. The normalized spacial score (nSPS) is 14.1. The molecule has 0 aromatic heterocycles. The highest BCUT2D eigenvalue weighted by molar-refractivity contribution is 6.31. The number of aryl methyl sites for hydroxylation is 1. The highest BCUT2D eigenvalue weighted by Crippen LogP contribution is 2.38. The third-order valence-corrected chi connectivity index (χ3v) is 4.85. The number of rotatable bonds is 4. The average Bonchev–Trinajstić information content (AvgIpc) is 2.97. The zero-order valence-corrected chi connectivity index (χ0v) is 16.1. The molecule has 0 bridgehead atoms. The molecule has 3 nitrogen and oxygen atoms in total. The predicted molar refractivity (Wildman–Crippen MR) is 106 cm³/mol. The highest BCUT2D eigenvalue weighted by atomic mass is 35.5. The second kappa shape index (κ2) is 7.68. The first-order valence-corrected chi connectivity index (χ1v) is 9.20. The van der Waals surface area contributed by atoms with Crippen LogP contribution in [0.5, 0.6) is 11.5 Å². The van der Waals surface area contributed by atoms with E-state index >= 15 is 0 Å². The smallest absolute Gasteiger partial charge is 0.232 e. The summed E-state index contributed by atoms with van der Waals surface area (Å²) in [5.41, 5.74) is 2.30. The third-order valence-electron chi connectivity index (χ3n) is 4.50. The van der Waals surface area contributed by atoms with Crippen molar-refractivity contribution in [3.05, 3.63) is 99.3 Å². The molecule has 3 aromatic rings. The Hall–Kier alpha value is -3.18. The minimum Gasteiger partial charge on any atom is -0.489 e. The van der Waals surface area contributed by atoms with Crippen molar-refractivity contribution < 1.29 is 23.0 Å².